The molecule has 0 aliphatic carbocycles. The summed E-state index contributed by atoms with van der Waals surface area (Å²) in [5.74, 6) is 0.766. The van der Waals surface area contributed by atoms with Crippen LogP contribution in [0, 0.1) is 10.1 Å². The molecule has 3 aromatic carbocycles. The first-order valence-corrected chi connectivity index (χ1v) is 9.70. The molecule has 0 bridgehead atoms. The van der Waals surface area contributed by atoms with Gasteiger partial charge < -0.3 is 14.8 Å². The normalized spacial score (nSPS) is 10.1. The van der Waals surface area contributed by atoms with E-state index in [1.807, 2.05) is 30.3 Å². The van der Waals surface area contributed by atoms with Crippen molar-refractivity contribution < 1.29 is 19.2 Å². The van der Waals surface area contributed by atoms with Gasteiger partial charge in [0.1, 0.15) is 30.3 Å². The zero-order valence-corrected chi connectivity index (χ0v) is 17.1. The number of ether oxygens (including phenoxy) is 2. The largest absolute Gasteiger partial charge is 0.490 e. The lowest BCUT2D eigenvalue weighted by atomic mass is 10.1. The Kier molecular flexibility index (Phi) is 7.50. The molecule has 3 aromatic rings. The van der Waals surface area contributed by atoms with Crippen LogP contribution < -0.4 is 20.1 Å². The highest BCUT2D eigenvalue weighted by molar-refractivity contribution is 7.80. The van der Waals surface area contributed by atoms with Crippen molar-refractivity contribution in [1.29, 1.82) is 0 Å². The van der Waals surface area contributed by atoms with Crippen molar-refractivity contribution in [3.8, 4) is 11.5 Å². The standard InChI is InChI=1S/C22H19N3O5S/c26-21(19-8-4-5-9-20(19)25(27)28)24-22(31)23-16-10-12-18(13-11-16)30-15-14-29-17-6-2-1-3-7-17/h1-13H,14-15H2,(H2,23,24,26,31). The maximum atomic E-state index is 12.3. The lowest BCUT2D eigenvalue weighted by molar-refractivity contribution is -0.385. The van der Waals surface area contributed by atoms with Gasteiger partial charge in [-0.25, -0.2) is 0 Å². The lowest BCUT2D eigenvalue weighted by Gasteiger charge is -2.11. The first-order chi connectivity index (χ1) is 15.0. The van der Waals surface area contributed by atoms with E-state index in [4.69, 9.17) is 21.7 Å². The molecule has 0 saturated carbocycles. The molecule has 9 heteroatoms. The molecular weight excluding hydrogens is 418 g/mol. The summed E-state index contributed by atoms with van der Waals surface area (Å²) in [6.45, 7) is 0.789. The van der Waals surface area contributed by atoms with Gasteiger partial charge in [0, 0.05) is 11.8 Å². The van der Waals surface area contributed by atoms with E-state index in [0.717, 1.165) is 5.75 Å². The van der Waals surface area contributed by atoms with Gasteiger partial charge in [-0.05, 0) is 54.7 Å². The van der Waals surface area contributed by atoms with Gasteiger partial charge in [-0.3, -0.25) is 20.2 Å². The van der Waals surface area contributed by atoms with Gasteiger partial charge in [0.2, 0.25) is 0 Å². The number of hydrogen-bond acceptors (Lipinski definition) is 6. The van der Waals surface area contributed by atoms with Crippen molar-refractivity contribution in [3.63, 3.8) is 0 Å². The minimum absolute atomic E-state index is 0.0214. The van der Waals surface area contributed by atoms with Gasteiger partial charge in [-0.2, -0.15) is 0 Å². The number of carbonyl (C=O) groups excluding carboxylic acids is 1. The molecule has 0 fully saturated rings. The fourth-order valence-electron chi connectivity index (χ4n) is 2.63. The molecular formula is C22H19N3O5S. The second-order valence-corrected chi connectivity index (χ2v) is 6.63. The summed E-state index contributed by atoms with van der Waals surface area (Å²) in [4.78, 5) is 22.7. The maximum Gasteiger partial charge on any atom is 0.282 e. The fourth-order valence-corrected chi connectivity index (χ4v) is 2.84. The summed E-state index contributed by atoms with van der Waals surface area (Å²) in [6.07, 6.45) is 0. The molecule has 8 nitrogen and oxygen atoms in total. The van der Waals surface area contributed by atoms with Gasteiger partial charge in [0.15, 0.2) is 5.11 Å². The van der Waals surface area contributed by atoms with E-state index in [1.54, 1.807) is 30.3 Å². The predicted molar refractivity (Wildman–Crippen MR) is 121 cm³/mol. The molecule has 0 unspecified atom stereocenters. The van der Waals surface area contributed by atoms with Crippen molar-refractivity contribution >= 4 is 34.6 Å². The summed E-state index contributed by atoms with van der Waals surface area (Å²) in [5, 5.41) is 16.4. The van der Waals surface area contributed by atoms with Gasteiger partial charge in [-0.1, -0.05) is 30.3 Å². The topological polar surface area (TPSA) is 103 Å². The minimum Gasteiger partial charge on any atom is -0.490 e. The van der Waals surface area contributed by atoms with E-state index in [9.17, 15) is 14.9 Å². The fraction of sp³-hybridized carbons (Fsp3) is 0.0909. The van der Waals surface area contributed by atoms with Crippen molar-refractivity contribution in [2.75, 3.05) is 18.5 Å². The summed E-state index contributed by atoms with van der Waals surface area (Å²) in [5.41, 5.74) is 0.263. The van der Waals surface area contributed by atoms with Crippen LogP contribution in [0.4, 0.5) is 11.4 Å². The molecule has 0 aliphatic heterocycles. The Morgan fingerprint density at radius 2 is 1.45 bits per heavy atom. The second kappa shape index (κ2) is 10.7. The van der Waals surface area contributed by atoms with Crippen LogP contribution in [-0.2, 0) is 0 Å². The van der Waals surface area contributed by atoms with E-state index in [1.165, 1.54) is 18.2 Å². The van der Waals surface area contributed by atoms with E-state index in [-0.39, 0.29) is 16.4 Å². The van der Waals surface area contributed by atoms with Crippen LogP contribution in [0.2, 0.25) is 0 Å². The molecule has 0 atom stereocenters. The number of rotatable bonds is 8. The Morgan fingerprint density at radius 3 is 2.10 bits per heavy atom. The molecule has 0 radical (unpaired) electrons. The van der Waals surface area contributed by atoms with Crippen LogP contribution in [0.3, 0.4) is 0 Å². The second-order valence-electron chi connectivity index (χ2n) is 6.22. The summed E-state index contributed by atoms with van der Waals surface area (Å²) < 4.78 is 11.2. The van der Waals surface area contributed by atoms with Gasteiger partial charge in [0.05, 0.1) is 4.92 Å². The Labute approximate surface area is 184 Å². The molecule has 3 rings (SSSR count). The van der Waals surface area contributed by atoms with E-state index < -0.39 is 10.8 Å². The third kappa shape index (κ3) is 6.51. The molecule has 0 aromatic heterocycles. The highest BCUT2D eigenvalue weighted by Crippen LogP contribution is 2.18. The van der Waals surface area contributed by atoms with E-state index in [2.05, 4.69) is 10.6 Å². The molecule has 2 N–H and O–H groups in total. The number of nitrogens with zero attached hydrogens (tertiary/aromatic N) is 1. The summed E-state index contributed by atoms with van der Waals surface area (Å²) in [7, 11) is 0. The van der Waals surface area contributed by atoms with Gasteiger partial charge >= 0.3 is 0 Å². The number of benzene rings is 3. The van der Waals surface area contributed by atoms with Crippen molar-refractivity contribution in [3.05, 3.63) is 94.5 Å². The monoisotopic (exact) mass is 437 g/mol. The number of nitro groups is 1. The SMILES string of the molecule is O=C(NC(=S)Nc1ccc(OCCOc2ccccc2)cc1)c1ccccc1[N+](=O)[O-]. The van der Waals surface area contributed by atoms with Crippen LogP contribution in [0.15, 0.2) is 78.9 Å². The van der Waals surface area contributed by atoms with Gasteiger partial charge in [0.25, 0.3) is 11.6 Å². The quantitative estimate of drug-likeness (QED) is 0.236. The number of nitrogens with one attached hydrogen (secondary N) is 2. The average Bonchev–Trinajstić information content (AvgIpc) is 2.78. The van der Waals surface area contributed by atoms with Crippen LogP contribution in [0.5, 0.6) is 11.5 Å². The van der Waals surface area contributed by atoms with Crippen molar-refractivity contribution in [1.82, 2.24) is 5.32 Å². The Hall–Kier alpha value is -3.98. The number of amides is 1. The number of hydrogen-bond donors (Lipinski definition) is 2. The third-order valence-electron chi connectivity index (χ3n) is 4.05. The Balaban J connectivity index is 1.46. The molecule has 158 valence electrons. The molecule has 0 spiro atoms. The third-order valence-corrected chi connectivity index (χ3v) is 4.25. The van der Waals surface area contributed by atoms with E-state index in [0.29, 0.717) is 24.7 Å². The number of anilines is 1. The highest BCUT2D eigenvalue weighted by atomic mass is 32.1. The molecule has 31 heavy (non-hydrogen) atoms. The highest BCUT2D eigenvalue weighted by Gasteiger charge is 2.19. The van der Waals surface area contributed by atoms with Crippen molar-refractivity contribution in [2.45, 2.75) is 0 Å². The molecule has 0 aliphatic rings. The van der Waals surface area contributed by atoms with Crippen LogP contribution >= 0.6 is 12.2 Å². The molecule has 0 heterocycles. The lowest BCUT2D eigenvalue weighted by Crippen LogP contribution is -2.34. The zero-order valence-electron chi connectivity index (χ0n) is 16.3. The first kappa shape index (κ1) is 21.7. The Morgan fingerprint density at radius 1 is 0.871 bits per heavy atom. The van der Waals surface area contributed by atoms with Crippen LogP contribution in [0.1, 0.15) is 10.4 Å². The van der Waals surface area contributed by atoms with E-state index >= 15 is 0 Å². The maximum absolute atomic E-state index is 12.3. The predicted octanol–water partition coefficient (Wildman–Crippen LogP) is 4.18. The molecule has 0 saturated heterocycles. The number of nitro benzene ring substituents is 1. The number of thiocarbonyl (C=S) groups is 1. The minimum atomic E-state index is -0.664. The smallest absolute Gasteiger partial charge is 0.282 e. The van der Waals surface area contributed by atoms with Crippen LogP contribution in [-0.4, -0.2) is 29.2 Å². The number of para-hydroxylation sites is 2. The van der Waals surface area contributed by atoms with Crippen LogP contribution in [0.25, 0.3) is 0 Å². The Bertz CT molecular complexity index is 1060. The number of carbonyl (C=O) groups is 1. The van der Waals surface area contributed by atoms with Crippen molar-refractivity contribution in [2.24, 2.45) is 0 Å². The first-order valence-electron chi connectivity index (χ1n) is 9.29. The molecule has 1 amide bonds. The summed E-state index contributed by atoms with van der Waals surface area (Å²) in [6, 6.07) is 22.1. The zero-order chi connectivity index (χ0) is 22.1. The van der Waals surface area contributed by atoms with Gasteiger partial charge in [-0.15, -0.1) is 0 Å². The summed E-state index contributed by atoms with van der Waals surface area (Å²) >= 11 is 5.13. The average molecular weight is 437 g/mol.